The molecule has 10 nitrogen and oxygen atoms in total. The minimum absolute atomic E-state index is 0. The molecule has 0 aromatic rings. The maximum atomic E-state index is 12.0. The van der Waals surface area contributed by atoms with Crippen LogP contribution in [0.2, 0.25) is 0 Å². The van der Waals surface area contributed by atoms with Gasteiger partial charge >= 0.3 is 32.7 Å². The summed E-state index contributed by atoms with van der Waals surface area (Å²) in [6, 6.07) is 0. The fourth-order valence-electron chi connectivity index (χ4n) is 6.54. The second-order valence-corrected chi connectivity index (χ2v) is 15.3. The summed E-state index contributed by atoms with van der Waals surface area (Å²) in [4.78, 5) is 19.6. The second-order valence-electron chi connectivity index (χ2n) is 12.4. The van der Waals surface area contributed by atoms with Crippen molar-refractivity contribution >= 4 is 15.6 Å². The zero-order valence-corrected chi connectivity index (χ0v) is 30.6. The second kappa shape index (κ2) is 20.1. The first-order chi connectivity index (χ1) is 18.8. The molecule has 2 saturated heterocycles. The summed E-state index contributed by atoms with van der Waals surface area (Å²) >= 11 is 0. The van der Waals surface area contributed by atoms with Crippen LogP contribution in [0.3, 0.4) is 0 Å². The summed E-state index contributed by atoms with van der Waals surface area (Å²) in [6.45, 7) is 12.9. The van der Waals surface area contributed by atoms with Crippen molar-refractivity contribution in [2.45, 2.75) is 130 Å². The molecule has 10 atom stereocenters. The van der Waals surface area contributed by atoms with Crippen molar-refractivity contribution in [2.24, 2.45) is 29.6 Å². The summed E-state index contributed by atoms with van der Waals surface area (Å²) in [6.07, 6.45) is 9.59. The molecule has 2 aliphatic carbocycles. The number of hydrogen-bond acceptors (Lipinski definition) is 8. The molecule has 258 valence electrons. The monoisotopic (exact) mass is 698 g/mol. The first kappa shape index (κ1) is 43.7. The van der Waals surface area contributed by atoms with E-state index in [1.165, 1.54) is 25.7 Å². The van der Waals surface area contributed by atoms with Gasteiger partial charge in [-0.25, -0.2) is 9.13 Å². The Hall–Kier alpha value is 0.659. The van der Waals surface area contributed by atoms with E-state index >= 15 is 0 Å². The van der Waals surface area contributed by atoms with Gasteiger partial charge in [-0.05, 0) is 70.1 Å². The van der Waals surface area contributed by atoms with E-state index in [1.54, 1.807) is 0 Å². The van der Waals surface area contributed by atoms with Gasteiger partial charge in [0.25, 0.3) is 0 Å². The maximum absolute atomic E-state index is 12.0. The molecule has 0 aromatic heterocycles. The van der Waals surface area contributed by atoms with Crippen molar-refractivity contribution in [2.75, 3.05) is 19.8 Å². The Bertz CT molecular complexity index is 855. The average molecular weight is 699 g/mol. The van der Waals surface area contributed by atoms with Gasteiger partial charge in [-0.1, -0.05) is 52.9 Å². The van der Waals surface area contributed by atoms with Crippen LogP contribution in [0.5, 0.6) is 0 Å². The van der Waals surface area contributed by atoms with Crippen molar-refractivity contribution in [1.29, 1.82) is 0 Å². The fraction of sp³-hybridized carbons (Fsp3) is 0.933. The molecule has 0 radical (unpaired) electrons. The van der Waals surface area contributed by atoms with Gasteiger partial charge in [-0.2, -0.15) is 0 Å². The van der Waals surface area contributed by atoms with E-state index in [4.69, 9.17) is 27.6 Å². The van der Waals surface area contributed by atoms with Crippen molar-refractivity contribution in [3.8, 4) is 0 Å². The van der Waals surface area contributed by atoms with Gasteiger partial charge in [0.2, 0.25) is 0 Å². The van der Waals surface area contributed by atoms with Crippen LogP contribution in [0.1, 0.15) is 99.3 Å². The minimum Gasteiger partial charge on any atom is -0.372 e. The SMILES string of the molecule is CCC1[C@@H](COP(=O)(O)OCC2CCCC2)O[C@@H](C)[C@H]1C.C[C@@H]1O[C@H](C)C(OP(=O)(O)OCC2CCCC2)[C@@H]1C.[CH3-].[CH3-].[Fe+2]. The first-order valence-corrected chi connectivity index (χ1v) is 18.4. The van der Waals surface area contributed by atoms with Gasteiger partial charge in [-0.15, -0.1) is 0 Å². The van der Waals surface area contributed by atoms with Crippen molar-refractivity contribution < 1.29 is 63.6 Å². The van der Waals surface area contributed by atoms with Crippen LogP contribution in [0, 0.1) is 44.4 Å². The fourth-order valence-corrected chi connectivity index (χ4v) is 8.48. The Morgan fingerprint density at radius 3 is 1.56 bits per heavy atom. The number of phosphoric acid groups is 2. The Labute approximate surface area is 272 Å². The normalized spacial score (nSPS) is 35.5. The topological polar surface area (TPSA) is 130 Å². The average Bonchev–Trinajstić information content (AvgIpc) is 3.69. The predicted octanol–water partition coefficient (Wildman–Crippen LogP) is 7.78. The van der Waals surface area contributed by atoms with Crippen molar-refractivity contribution in [3.05, 3.63) is 14.9 Å². The molecule has 13 heteroatoms. The molecule has 0 amide bonds. The largest absolute Gasteiger partial charge is 2.00 e. The van der Waals surface area contributed by atoms with E-state index < -0.39 is 15.6 Å². The van der Waals surface area contributed by atoms with E-state index in [1.807, 2.05) is 27.7 Å². The van der Waals surface area contributed by atoms with Gasteiger partial charge in [0, 0.05) is 5.92 Å². The van der Waals surface area contributed by atoms with Gasteiger partial charge in [-0.3, -0.25) is 18.1 Å². The molecule has 2 aliphatic heterocycles. The summed E-state index contributed by atoms with van der Waals surface area (Å²) in [5.74, 6) is 1.71. The van der Waals surface area contributed by atoms with E-state index in [0.29, 0.717) is 36.9 Å². The molecule has 4 rings (SSSR count). The molecule has 4 unspecified atom stereocenters. The molecule has 43 heavy (non-hydrogen) atoms. The van der Waals surface area contributed by atoms with Crippen LogP contribution >= 0.6 is 15.6 Å². The van der Waals surface area contributed by atoms with Crippen molar-refractivity contribution in [3.63, 3.8) is 0 Å². The third-order valence-corrected chi connectivity index (χ3v) is 11.4. The Morgan fingerprint density at radius 1 is 0.674 bits per heavy atom. The van der Waals surface area contributed by atoms with Crippen LogP contribution in [-0.4, -0.2) is 60.1 Å². The Balaban J connectivity index is 0.000000770. The molecule has 4 fully saturated rings. The zero-order valence-electron chi connectivity index (χ0n) is 27.7. The smallest absolute Gasteiger partial charge is 0.372 e. The Morgan fingerprint density at radius 2 is 1.12 bits per heavy atom. The van der Waals surface area contributed by atoms with E-state index in [2.05, 4.69) is 13.8 Å². The van der Waals surface area contributed by atoms with E-state index in [-0.39, 0.29) is 75.0 Å². The molecule has 4 aliphatic rings. The molecule has 0 spiro atoms. The molecule has 0 bridgehead atoms. The van der Waals surface area contributed by atoms with Crippen LogP contribution in [-0.2, 0) is 53.8 Å². The number of rotatable bonds is 12. The van der Waals surface area contributed by atoms with Crippen LogP contribution < -0.4 is 0 Å². The maximum Gasteiger partial charge on any atom is 2.00 e. The predicted molar refractivity (Wildman–Crippen MR) is 166 cm³/mol. The quantitative estimate of drug-likeness (QED) is 0.118. The third kappa shape index (κ3) is 13.7. The number of phosphoric ester groups is 2. The van der Waals surface area contributed by atoms with E-state index in [9.17, 15) is 18.9 Å². The summed E-state index contributed by atoms with van der Waals surface area (Å²) in [7, 11) is -7.93. The minimum atomic E-state index is -3.98. The van der Waals surface area contributed by atoms with Gasteiger partial charge in [0.1, 0.15) is 6.10 Å². The summed E-state index contributed by atoms with van der Waals surface area (Å²) in [5.41, 5.74) is 0. The third-order valence-electron chi connectivity index (χ3n) is 9.46. The van der Waals surface area contributed by atoms with Crippen molar-refractivity contribution in [1.82, 2.24) is 0 Å². The molecular formula is C30H60FeO10P2. The van der Waals surface area contributed by atoms with Gasteiger partial charge in [0.05, 0.1) is 44.2 Å². The van der Waals surface area contributed by atoms with Crippen LogP contribution in [0.15, 0.2) is 0 Å². The molecule has 0 aromatic carbocycles. The number of hydrogen-bond donors (Lipinski definition) is 2. The molecule has 2 saturated carbocycles. The van der Waals surface area contributed by atoms with Gasteiger partial charge < -0.3 is 34.1 Å². The molecule has 2 N–H and O–H groups in total. The Kier molecular flexibility index (Phi) is 20.4. The number of ether oxygens (including phenoxy) is 2. The van der Waals surface area contributed by atoms with E-state index in [0.717, 1.165) is 32.1 Å². The van der Waals surface area contributed by atoms with Crippen LogP contribution in [0.25, 0.3) is 0 Å². The first-order valence-electron chi connectivity index (χ1n) is 15.4. The van der Waals surface area contributed by atoms with Crippen LogP contribution in [0.4, 0.5) is 0 Å². The van der Waals surface area contributed by atoms with Gasteiger partial charge in [0.15, 0.2) is 0 Å². The zero-order chi connectivity index (χ0) is 29.5. The molecule has 2 heterocycles. The standard InChI is InChI=1S/C15H29O5P.C13H25O5P.2CH3.Fe/c1-4-14-11(2)12(3)20-15(14)10-19-21(16,17)18-9-13-7-5-6-8-13;1-9-10(2)17-11(3)13(9)18-19(14,15)16-8-12-6-4-5-7-12;;;/h11-15H,4-10H2,1-3H3,(H,16,17);9-13H,4-8H2,1-3H3,(H,14,15);2*1H3;/q;;2*-1;+2/t11-,12+,14?,15-;9-,10+,11-,13?;;;/m11.../s1. The summed E-state index contributed by atoms with van der Waals surface area (Å²) in [5, 5.41) is 0. The summed E-state index contributed by atoms with van der Waals surface area (Å²) < 4.78 is 56.1. The molecular weight excluding hydrogens is 638 g/mol.